The minimum Gasteiger partial charge on any atom is -0.466 e. The van der Waals surface area contributed by atoms with Crippen LogP contribution >= 0.6 is 11.3 Å². The lowest BCUT2D eigenvalue weighted by atomic mass is 9.85. The molecule has 1 aromatic rings. The summed E-state index contributed by atoms with van der Waals surface area (Å²) in [6.45, 7) is 2.19. The number of nitrogens with zero attached hydrogens (tertiary/aromatic N) is 1. The lowest BCUT2D eigenvalue weighted by Gasteiger charge is -2.21. The van der Waals surface area contributed by atoms with Crippen molar-refractivity contribution in [2.75, 3.05) is 19.0 Å². The standard InChI is InChI=1S/C13H16N2O2S/c1-3-17-13(16)8-5-4-6-10-11(8)9(7-14)12(15-2)18-10/h8,15H,3-6H2,1-2H3. The largest absolute Gasteiger partial charge is 0.466 e. The number of carbonyl (C=O) groups excluding carboxylic acids is 1. The van der Waals surface area contributed by atoms with Crippen LogP contribution in [0.5, 0.6) is 0 Å². The van der Waals surface area contributed by atoms with E-state index in [0.29, 0.717) is 12.2 Å². The molecule has 1 unspecified atom stereocenters. The van der Waals surface area contributed by atoms with Crippen molar-refractivity contribution in [3.63, 3.8) is 0 Å². The monoisotopic (exact) mass is 264 g/mol. The highest BCUT2D eigenvalue weighted by Gasteiger charge is 2.33. The zero-order chi connectivity index (χ0) is 13.1. The van der Waals surface area contributed by atoms with E-state index in [1.165, 1.54) is 0 Å². The number of carbonyl (C=O) groups is 1. The van der Waals surface area contributed by atoms with Gasteiger partial charge in [0.2, 0.25) is 0 Å². The summed E-state index contributed by atoms with van der Waals surface area (Å²) < 4.78 is 5.12. The highest BCUT2D eigenvalue weighted by Crippen LogP contribution is 2.43. The third-order valence-electron chi connectivity index (χ3n) is 3.18. The number of anilines is 1. The van der Waals surface area contributed by atoms with E-state index < -0.39 is 0 Å². The van der Waals surface area contributed by atoms with Crippen LogP contribution in [0.4, 0.5) is 5.00 Å². The van der Waals surface area contributed by atoms with Crippen molar-refractivity contribution in [1.29, 1.82) is 5.26 Å². The van der Waals surface area contributed by atoms with Crippen LogP contribution in [0.3, 0.4) is 0 Å². The van der Waals surface area contributed by atoms with Crippen LogP contribution in [0.15, 0.2) is 0 Å². The second kappa shape index (κ2) is 5.40. The molecule has 0 spiro atoms. The van der Waals surface area contributed by atoms with Crippen molar-refractivity contribution >= 4 is 22.3 Å². The summed E-state index contributed by atoms with van der Waals surface area (Å²) in [7, 11) is 1.80. The van der Waals surface area contributed by atoms with Gasteiger partial charge in [-0.3, -0.25) is 4.79 Å². The van der Waals surface area contributed by atoms with Gasteiger partial charge in [-0.2, -0.15) is 5.26 Å². The fraction of sp³-hybridized carbons (Fsp3) is 0.538. The summed E-state index contributed by atoms with van der Waals surface area (Å²) in [5.41, 5.74) is 1.52. The summed E-state index contributed by atoms with van der Waals surface area (Å²) in [5, 5.41) is 13.2. The van der Waals surface area contributed by atoms with Crippen LogP contribution in [-0.4, -0.2) is 19.6 Å². The lowest BCUT2D eigenvalue weighted by molar-refractivity contribution is -0.145. The van der Waals surface area contributed by atoms with Gasteiger partial charge in [0.05, 0.1) is 18.1 Å². The lowest BCUT2D eigenvalue weighted by Crippen LogP contribution is -2.20. The smallest absolute Gasteiger partial charge is 0.313 e. The Morgan fingerprint density at radius 2 is 2.44 bits per heavy atom. The van der Waals surface area contributed by atoms with E-state index in [9.17, 15) is 10.1 Å². The number of nitrogens with one attached hydrogen (secondary N) is 1. The maximum absolute atomic E-state index is 12.0. The first-order chi connectivity index (χ1) is 8.72. The van der Waals surface area contributed by atoms with E-state index in [1.807, 2.05) is 0 Å². The Bertz CT molecular complexity index is 502. The van der Waals surface area contributed by atoms with Gasteiger partial charge in [0, 0.05) is 17.5 Å². The molecule has 5 heteroatoms. The first kappa shape index (κ1) is 12.9. The normalized spacial score (nSPS) is 17.7. The van der Waals surface area contributed by atoms with Crippen molar-refractivity contribution in [3.05, 3.63) is 16.0 Å². The van der Waals surface area contributed by atoms with Crippen molar-refractivity contribution in [1.82, 2.24) is 0 Å². The van der Waals surface area contributed by atoms with E-state index in [-0.39, 0.29) is 11.9 Å². The summed E-state index contributed by atoms with van der Waals surface area (Å²) in [6, 6.07) is 2.22. The molecule has 0 saturated carbocycles. The molecule has 1 N–H and O–H groups in total. The van der Waals surface area contributed by atoms with Crippen LogP contribution in [0, 0.1) is 11.3 Å². The van der Waals surface area contributed by atoms with E-state index in [1.54, 1.807) is 25.3 Å². The Labute approximate surface area is 111 Å². The predicted molar refractivity (Wildman–Crippen MR) is 70.9 cm³/mol. The van der Waals surface area contributed by atoms with Crippen LogP contribution in [-0.2, 0) is 16.0 Å². The predicted octanol–water partition coefficient (Wildman–Crippen LogP) is 2.64. The highest BCUT2D eigenvalue weighted by molar-refractivity contribution is 7.16. The number of esters is 1. The molecule has 0 amide bonds. The average molecular weight is 264 g/mol. The quantitative estimate of drug-likeness (QED) is 0.852. The number of hydrogen-bond donors (Lipinski definition) is 1. The number of thiophene rings is 1. The van der Waals surface area contributed by atoms with Gasteiger partial charge in [-0.05, 0) is 26.2 Å². The Morgan fingerprint density at radius 3 is 3.06 bits per heavy atom. The fourth-order valence-corrected chi connectivity index (χ4v) is 3.63. The second-order valence-electron chi connectivity index (χ2n) is 4.20. The molecule has 1 aliphatic carbocycles. The van der Waals surface area contributed by atoms with Crippen LogP contribution < -0.4 is 5.32 Å². The van der Waals surface area contributed by atoms with Crippen molar-refractivity contribution in [2.45, 2.75) is 32.1 Å². The number of aryl methyl sites for hydroxylation is 1. The van der Waals surface area contributed by atoms with Crippen LogP contribution in [0.2, 0.25) is 0 Å². The van der Waals surface area contributed by atoms with E-state index in [0.717, 1.165) is 34.7 Å². The molecular formula is C13H16N2O2S. The summed E-state index contributed by atoms with van der Waals surface area (Å²) >= 11 is 1.58. The van der Waals surface area contributed by atoms with E-state index >= 15 is 0 Å². The number of rotatable bonds is 3. The molecule has 0 aliphatic heterocycles. The zero-order valence-corrected chi connectivity index (χ0v) is 11.4. The van der Waals surface area contributed by atoms with E-state index in [2.05, 4.69) is 11.4 Å². The molecule has 1 atom stereocenters. The molecule has 0 bridgehead atoms. The molecule has 96 valence electrons. The number of hydrogen-bond acceptors (Lipinski definition) is 5. The minimum atomic E-state index is -0.262. The van der Waals surface area contributed by atoms with Gasteiger partial charge in [-0.15, -0.1) is 11.3 Å². The number of ether oxygens (including phenoxy) is 1. The van der Waals surface area contributed by atoms with Crippen LogP contribution in [0.1, 0.15) is 41.7 Å². The van der Waals surface area contributed by atoms with Gasteiger partial charge in [0.25, 0.3) is 0 Å². The Hall–Kier alpha value is -1.54. The molecule has 2 rings (SSSR count). The molecule has 18 heavy (non-hydrogen) atoms. The third kappa shape index (κ3) is 2.08. The Balaban J connectivity index is 2.45. The molecular weight excluding hydrogens is 248 g/mol. The summed E-state index contributed by atoms with van der Waals surface area (Å²) in [4.78, 5) is 13.1. The van der Waals surface area contributed by atoms with Gasteiger partial charge in [0.15, 0.2) is 0 Å². The summed E-state index contributed by atoms with van der Waals surface area (Å²) in [6.07, 6.45) is 2.71. The average Bonchev–Trinajstić information content (AvgIpc) is 2.76. The molecule has 0 fully saturated rings. The molecule has 0 saturated heterocycles. The first-order valence-corrected chi connectivity index (χ1v) is 6.94. The fourth-order valence-electron chi connectivity index (χ4n) is 2.42. The van der Waals surface area contributed by atoms with Crippen molar-refractivity contribution < 1.29 is 9.53 Å². The van der Waals surface area contributed by atoms with Gasteiger partial charge in [-0.1, -0.05) is 0 Å². The Kier molecular flexibility index (Phi) is 3.87. The highest BCUT2D eigenvalue weighted by atomic mass is 32.1. The molecule has 4 nitrogen and oxygen atoms in total. The summed E-state index contributed by atoms with van der Waals surface area (Å²) in [5.74, 6) is -0.461. The topological polar surface area (TPSA) is 62.1 Å². The molecule has 1 aliphatic rings. The molecule has 1 heterocycles. The Morgan fingerprint density at radius 1 is 1.67 bits per heavy atom. The van der Waals surface area contributed by atoms with Crippen molar-refractivity contribution in [3.8, 4) is 6.07 Å². The first-order valence-electron chi connectivity index (χ1n) is 6.13. The zero-order valence-electron chi connectivity index (χ0n) is 10.6. The number of nitriles is 1. The van der Waals surface area contributed by atoms with Gasteiger partial charge < -0.3 is 10.1 Å². The van der Waals surface area contributed by atoms with Gasteiger partial charge in [0.1, 0.15) is 11.1 Å². The SMILES string of the molecule is CCOC(=O)C1CCCc2sc(NC)c(C#N)c21. The van der Waals surface area contributed by atoms with E-state index in [4.69, 9.17) is 4.74 Å². The maximum Gasteiger partial charge on any atom is 0.313 e. The van der Waals surface area contributed by atoms with Gasteiger partial charge in [-0.25, -0.2) is 0 Å². The maximum atomic E-state index is 12.0. The molecule has 0 radical (unpaired) electrons. The minimum absolute atomic E-state index is 0.199. The van der Waals surface area contributed by atoms with Crippen LogP contribution in [0.25, 0.3) is 0 Å². The van der Waals surface area contributed by atoms with Gasteiger partial charge >= 0.3 is 5.97 Å². The molecule has 1 aromatic heterocycles. The molecule has 0 aromatic carbocycles. The second-order valence-corrected chi connectivity index (χ2v) is 5.31. The number of fused-ring (bicyclic) bond motifs is 1. The third-order valence-corrected chi connectivity index (χ3v) is 4.46. The van der Waals surface area contributed by atoms with Crippen molar-refractivity contribution in [2.24, 2.45) is 0 Å².